The Morgan fingerprint density at radius 3 is 2.43 bits per heavy atom. The van der Waals surface area contributed by atoms with Crippen LogP contribution in [0.3, 0.4) is 0 Å². The van der Waals surface area contributed by atoms with E-state index in [1.165, 1.54) is 12.3 Å². The van der Waals surface area contributed by atoms with Crippen LogP contribution in [0.5, 0.6) is 0 Å². The summed E-state index contributed by atoms with van der Waals surface area (Å²) in [7, 11) is 0. The second-order valence-corrected chi connectivity index (χ2v) is 4.76. The van der Waals surface area contributed by atoms with Crippen molar-refractivity contribution in [3.05, 3.63) is 59.9 Å². The molecule has 0 spiro atoms. The molecule has 6 heteroatoms. The Labute approximate surface area is 125 Å². The second kappa shape index (κ2) is 5.46. The van der Waals surface area contributed by atoms with Crippen LogP contribution in [0, 0.1) is 5.95 Å². The summed E-state index contributed by atoms with van der Waals surface area (Å²) in [6, 6.07) is 8.11. The number of pyridine rings is 3. The second-order valence-electron chi connectivity index (χ2n) is 4.36. The van der Waals surface area contributed by atoms with Crippen molar-refractivity contribution < 1.29 is 4.39 Å². The maximum atomic E-state index is 13.4. The smallest absolute Gasteiger partial charge is 0.213 e. The Balaban J connectivity index is 2.29. The molecule has 3 rings (SSSR count). The van der Waals surface area contributed by atoms with Gasteiger partial charge in [0, 0.05) is 35.8 Å². The normalized spacial score (nSPS) is 10.6. The lowest BCUT2D eigenvalue weighted by molar-refractivity contribution is 0.584. The van der Waals surface area contributed by atoms with Gasteiger partial charge in [0.2, 0.25) is 5.95 Å². The summed E-state index contributed by atoms with van der Waals surface area (Å²) in [4.78, 5) is 11.9. The molecule has 21 heavy (non-hydrogen) atoms. The highest BCUT2D eigenvalue weighted by molar-refractivity contribution is 6.34. The molecule has 3 aromatic rings. The predicted molar refractivity (Wildman–Crippen MR) is 80.1 cm³/mol. The standard InChI is InChI=1S/C15H10ClFN4/c16-11-8-13(18)21-15(9-1-4-19-5-2-9)14(11)10-3-6-20-12(17)7-10/h1-8H,(H2,18,21). The molecule has 104 valence electrons. The van der Waals surface area contributed by atoms with Gasteiger partial charge in [0.1, 0.15) is 5.82 Å². The maximum Gasteiger partial charge on any atom is 0.213 e. The van der Waals surface area contributed by atoms with Crippen molar-refractivity contribution in [2.24, 2.45) is 0 Å². The van der Waals surface area contributed by atoms with E-state index in [1.54, 1.807) is 36.7 Å². The molecule has 0 bridgehead atoms. The van der Waals surface area contributed by atoms with E-state index in [0.29, 0.717) is 27.7 Å². The first kappa shape index (κ1) is 13.5. The van der Waals surface area contributed by atoms with Gasteiger partial charge in [0.25, 0.3) is 0 Å². The van der Waals surface area contributed by atoms with E-state index in [2.05, 4.69) is 15.0 Å². The highest BCUT2D eigenvalue weighted by atomic mass is 35.5. The Morgan fingerprint density at radius 1 is 1.00 bits per heavy atom. The van der Waals surface area contributed by atoms with Crippen molar-refractivity contribution >= 4 is 17.4 Å². The van der Waals surface area contributed by atoms with E-state index in [4.69, 9.17) is 17.3 Å². The summed E-state index contributed by atoms with van der Waals surface area (Å²) in [6.07, 6.45) is 4.67. The average molecular weight is 301 g/mol. The largest absolute Gasteiger partial charge is 0.384 e. The molecule has 0 unspecified atom stereocenters. The Kier molecular flexibility index (Phi) is 3.50. The molecule has 0 saturated carbocycles. The van der Waals surface area contributed by atoms with E-state index < -0.39 is 5.95 Å². The quantitative estimate of drug-likeness (QED) is 0.735. The minimum absolute atomic E-state index is 0.296. The lowest BCUT2D eigenvalue weighted by Crippen LogP contribution is -1.97. The van der Waals surface area contributed by atoms with Crippen LogP contribution in [0.2, 0.25) is 5.02 Å². The Bertz CT molecular complexity index is 793. The molecule has 0 aromatic carbocycles. The molecule has 0 aliphatic heterocycles. The van der Waals surface area contributed by atoms with E-state index in [1.807, 2.05) is 0 Å². The van der Waals surface area contributed by atoms with Gasteiger partial charge in [-0.1, -0.05) is 11.6 Å². The van der Waals surface area contributed by atoms with Gasteiger partial charge >= 0.3 is 0 Å². The average Bonchev–Trinajstić information content (AvgIpc) is 2.47. The molecular weight excluding hydrogens is 291 g/mol. The zero-order valence-corrected chi connectivity index (χ0v) is 11.5. The molecule has 0 atom stereocenters. The van der Waals surface area contributed by atoms with Crippen molar-refractivity contribution in [1.82, 2.24) is 15.0 Å². The summed E-state index contributed by atoms with van der Waals surface area (Å²) in [6.45, 7) is 0. The molecule has 0 amide bonds. The molecule has 3 aromatic heterocycles. The van der Waals surface area contributed by atoms with E-state index in [0.717, 1.165) is 5.56 Å². The molecule has 0 radical (unpaired) electrons. The zero-order valence-electron chi connectivity index (χ0n) is 10.8. The van der Waals surface area contributed by atoms with Crippen LogP contribution in [0.4, 0.5) is 10.2 Å². The number of hydrogen-bond acceptors (Lipinski definition) is 4. The molecule has 2 N–H and O–H groups in total. The molecule has 3 heterocycles. The molecule has 0 fully saturated rings. The van der Waals surface area contributed by atoms with Gasteiger partial charge in [-0.3, -0.25) is 4.98 Å². The van der Waals surface area contributed by atoms with Crippen LogP contribution in [0.15, 0.2) is 48.9 Å². The number of anilines is 1. The van der Waals surface area contributed by atoms with Crippen LogP contribution >= 0.6 is 11.6 Å². The summed E-state index contributed by atoms with van der Waals surface area (Å²) in [5.41, 5.74) is 8.35. The van der Waals surface area contributed by atoms with E-state index in [-0.39, 0.29) is 0 Å². The van der Waals surface area contributed by atoms with Crippen molar-refractivity contribution in [3.8, 4) is 22.4 Å². The number of hydrogen-bond donors (Lipinski definition) is 1. The topological polar surface area (TPSA) is 64.7 Å². The lowest BCUT2D eigenvalue weighted by Gasteiger charge is -2.12. The third kappa shape index (κ3) is 2.68. The third-order valence-corrected chi connectivity index (χ3v) is 3.26. The van der Waals surface area contributed by atoms with Gasteiger partial charge in [-0.05, 0) is 29.8 Å². The number of nitrogens with zero attached hydrogens (tertiary/aromatic N) is 3. The van der Waals surface area contributed by atoms with Crippen LogP contribution in [0.25, 0.3) is 22.4 Å². The minimum Gasteiger partial charge on any atom is -0.384 e. The van der Waals surface area contributed by atoms with E-state index in [9.17, 15) is 4.39 Å². The molecule has 0 aliphatic rings. The predicted octanol–water partition coefficient (Wildman–Crippen LogP) is 3.58. The number of nitrogens with two attached hydrogens (primary N) is 1. The summed E-state index contributed by atoms with van der Waals surface area (Å²) in [5.74, 6) is -0.286. The van der Waals surface area contributed by atoms with Crippen molar-refractivity contribution in [3.63, 3.8) is 0 Å². The first-order chi connectivity index (χ1) is 10.1. The van der Waals surface area contributed by atoms with Gasteiger partial charge in [-0.25, -0.2) is 9.97 Å². The summed E-state index contributed by atoms with van der Waals surface area (Å²) >= 11 is 6.29. The van der Waals surface area contributed by atoms with E-state index >= 15 is 0 Å². The van der Waals surface area contributed by atoms with Gasteiger partial charge < -0.3 is 5.73 Å². The number of nitrogen functional groups attached to an aromatic ring is 1. The molecule has 4 nitrogen and oxygen atoms in total. The summed E-state index contributed by atoms with van der Waals surface area (Å²) in [5, 5.41) is 0.403. The van der Waals surface area contributed by atoms with Crippen LogP contribution in [-0.4, -0.2) is 15.0 Å². The van der Waals surface area contributed by atoms with Crippen molar-refractivity contribution in [1.29, 1.82) is 0 Å². The van der Waals surface area contributed by atoms with Gasteiger partial charge in [0.05, 0.1) is 10.7 Å². The lowest BCUT2D eigenvalue weighted by atomic mass is 10.0. The fourth-order valence-corrected chi connectivity index (χ4v) is 2.39. The SMILES string of the molecule is Nc1cc(Cl)c(-c2ccnc(F)c2)c(-c2ccncc2)n1. The number of halogens is 2. The Morgan fingerprint density at radius 2 is 1.71 bits per heavy atom. The highest BCUT2D eigenvalue weighted by Gasteiger charge is 2.15. The molecule has 0 aliphatic carbocycles. The maximum absolute atomic E-state index is 13.4. The van der Waals surface area contributed by atoms with Crippen LogP contribution in [0.1, 0.15) is 0 Å². The Hall–Kier alpha value is -2.53. The van der Waals surface area contributed by atoms with Gasteiger partial charge in [-0.15, -0.1) is 0 Å². The first-order valence-corrected chi connectivity index (χ1v) is 6.51. The number of aromatic nitrogens is 3. The highest BCUT2D eigenvalue weighted by Crippen LogP contribution is 2.37. The number of rotatable bonds is 2. The monoisotopic (exact) mass is 300 g/mol. The van der Waals surface area contributed by atoms with Crippen molar-refractivity contribution in [2.45, 2.75) is 0 Å². The first-order valence-electron chi connectivity index (χ1n) is 6.13. The van der Waals surface area contributed by atoms with Gasteiger partial charge in [0.15, 0.2) is 0 Å². The minimum atomic E-state index is -0.582. The molecule has 0 saturated heterocycles. The fourth-order valence-electron chi connectivity index (χ4n) is 2.08. The van der Waals surface area contributed by atoms with Crippen LogP contribution < -0.4 is 5.73 Å². The zero-order chi connectivity index (χ0) is 14.8. The fraction of sp³-hybridized carbons (Fsp3) is 0. The van der Waals surface area contributed by atoms with Crippen LogP contribution in [-0.2, 0) is 0 Å². The summed E-state index contributed by atoms with van der Waals surface area (Å²) < 4.78 is 13.4. The van der Waals surface area contributed by atoms with Gasteiger partial charge in [-0.2, -0.15) is 4.39 Å². The third-order valence-electron chi connectivity index (χ3n) is 2.96. The molecular formula is C15H10ClFN4. The van der Waals surface area contributed by atoms with Crippen molar-refractivity contribution in [2.75, 3.05) is 5.73 Å².